The van der Waals surface area contributed by atoms with E-state index in [2.05, 4.69) is 12.2 Å². The monoisotopic (exact) mass is 245 g/mol. The van der Waals surface area contributed by atoms with Crippen molar-refractivity contribution in [1.82, 2.24) is 5.32 Å². The van der Waals surface area contributed by atoms with E-state index >= 15 is 0 Å². The topological polar surface area (TPSA) is 38.3 Å². The van der Waals surface area contributed by atoms with E-state index in [9.17, 15) is 4.79 Å². The average Bonchev–Trinajstić information content (AvgIpc) is 2.46. The highest BCUT2D eigenvalue weighted by Crippen LogP contribution is 2.27. The van der Waals surface area contributed by atoms with Crippen LogP contribution in [-0.4, -0.2) is 26.2 Å². The minimum atomic E-state index is -0.264. The Morgan fingerprint density at radius 1 is 1.17 bits per heavy atom. The van der Waals surface area contributed by atoms with Crippen LogP contribution in [-0.2, 0) is 4.74 Å². The van der Waals surface area contributed by atoms with E-state index < -0.39 is 0 Å². The van der Waals surface area contributed by atoms with Crippen molar-refractivity contribution in [1.29, 1.82) is 0 Å². The van der Waals surface area contributed by atoms with Gasteiger partial charge in [-0.05, 0) is 50.1 Å². The van der Waals surface area contributed by atoms with E-state index in [1.165, 1.54) is 18.3 Å². The van der Waals surface area contributed by atoms with Crippen LogP contribution in [0.3, 0.4) is 0 Å². The summed E-state index contributed by atoms with van der Waals surface area (Å²) in [5.74, 6) is -0.264. The first-order valence-electron chi connectivity index (χ1n) is 6.31. The minimum absolute atomic E-state index is 0.264. The van der Waals surface area contributed by atoms with Crippen LogP contribution in [0.2, 0.25) is 0 Å². The number of ether oxygens (including phenoxy) is 1. The molecule has 96 valence electrons. The highest BCUT2D eigenvalue weighted by atomic mass is 16.5. The van der Waals surface area contributed by atoms with Crippen LogP contribution in [0.5, 0.6) is 0 Å². The molecule has 1 aliphatic rings. The third-order valence-electron chi connectivity index (χ3n) is 3.47. The van der Waals surface area contributed by atoms with Crippen molar-refractivity contribution in [2.75, 3.05) is 20.2 Å². The molecule has 1 aromatic rings. The van der Waals surface area contributed by atoms with Crippen LogP contribution < -0.4 is 5.32 Å². The number of benzene rings is 1. The quantitative estimate of drug-likeness (QED) is 0.814. The van der Waals surface area contributed by atoms with Crippen LogP contribution >= 0.6 is 0 Å². The summed E-state index contributed by atoms with van der Waals surface area (Å²) in [4.78, 5) is 11.8. The van der Waals surface area contributed by atoms with Gasteiger partial charge in [-0.15, -0.1) is 0 Å². The summed E-state index contributed by atoms with van der Waals surface area (Å²) in [6.45, 7) is 4.14. The molecule has 0 atom stereocenters. The molecule has 2 rings (SSSR count). The SMILES string of the molecule is COC(=O)c1ccccc1C(C)=C1CCNCC1. The molecule has 1 aliphatic heterocycles. The van der Waals surface area contributed by atoms with E-state index in [1.807, 2.05) is 24.3 Å². The van der Waals surface area contributed by atoms with Crippen LogP contribution in [0, 0.1) is 0 Å². The third-order valence-corrected chi connectivity index (χ3v) is 3.47. The number of hydrogen-bond donors (Lipinski definition) is 1. The average molecular weight is 245 g/mol. The highest BCUT2D eigenvalue weighted by Gasteiger charge is 2.15. The van der Waals surface area contributed by atoms with E-state index in [4.69, 9.17) is 4.74 Å². The zero-order chi connectivity index (χ0) is 13.0. The molecule has 1 N–H and O–H groups in total. The van der Waals surface area contributed by atoms with Crippen molar-refractivity contribution < 1.29 is 9.53 Å². The molecular formula is C15H19NO2. The number of nitrogens with one attached hydrogen (secondary N) is 1. The lowest BCUT2D eigenvalue weighted by atomic mass is 9.92. The molecule has 0 bridgehead atoms. The van der Waals surface area contributed by atoms with Crippen LogP contribution in [0.25, 0.3) is 5.57 Å². The van der Waals surface area contributed by atoms with E-state index in [0.29, 0.717) is 5.56 Å². The predicted octanol–water partition coefficient (Wildman–Crippen LogP) is 2.63. The second-order valence-corrected chi connectivity index (χ2v) is 4.52. The van der Waals surface area contributed by atoms with Gasteiger partial charge in [0.25, 0.3) is 0 Å². The Hall–Kier alpha value is -1.61. The van der Waals surface area contributed by atoms with E-state index in [-0.39, 0.29) is 5.97 Å². The Labute approximate surface area is 108 Å². The number of rotatable bonds is 2. The lowest BCUT2D eigenvalue weighted by Gasteiger charge is -2.19. The first kappa shape index (κ1) is 12.8. The lowest BCUT2D eigenvalue weighted by Crippen LogP contribution is -2.23. The van der Waals surface area contributed by atoms with Gasteiger partial charge in [-0.3, -0.25) is 0 Å². The molecular weight excluding hydrogens is 226 g/mol. The Bertz CT molecular complexity index is 469. The molecule has 0 aromatic heterocycles. The molecule has 18 heavy (non-hydrogen) atoms. The number of carbonyl (C=O) groups is 1. The summed E-state index contributed by atoms with van der Waals surface area (Å²) in [5, 5.41) is 3.34. The Morgan fingerprint density at radius 2 is 1.78 bits per heavy atom. The molecule has 0 saturated carbocycles. The lowest BCUT2D eigenvalue weighted by molar-refractivity contribution is 0.0600. The van der Waals surface area contributed by atoms with Gasteiger partial charge in [0.05, 0.1) is 12.7 Å². The highest BCUT2D eigenvalue weighted by molar-refractivity contribution is 5.95. The van der Waals surface area contributed by atoms with E-state index in [1.54, 1.807) is 0 Å². The minimum Gasteiger partial charge on any atom is -0.465 e. The fourth-order valence-electron chi connectivity index (χ4n) is 2.39. The second kappa shape index (κ2) is 5.83. The standard InChI is InChI=1S/C15H19NO2/c1-11(12-7-9-16-10-8-12)13-5-3-4-6-14(13)15(17)18-2/h3-6,16H,7-10H2,1-2H3. The van der Waals surface area contributed by atoms with Gasteiger partial charge in [0, 0.05) is 0 Å². The fourth-order valence-corrected chi connectivity index (χ4v) is 2.39. The summed E-state index contributed by atoms with van der Waals surface area (Å²) in [7, 11) is 1.42. The van der Waals surface area contributed by atoms with Crippen molar-refractivity contribution in [3.05, 3.63) is 41.0 Å². The smallest absolute Gasteiger partial charge is 0.338 e. The van der Waals surface area contributed by atoms with Crippen LogP contribution in [0.1, 0.15) is 35.7 Å². The normalized spacial score (nSPS) is 15.3. The maximum Gasteiger partial charge on any atom is 0.338 e. The van der Waals surface area contributed by atoms with Gasteiger partial charge >= 0.3 is 5.97 Å². The van der Waals surface area contributed by atoms with Crippen LogP contribution in [0.4, 0.5) is 0 Å². The second-order valence-electron chi connectivity index (χ2n) is 4.52. The molecule has 0 aliphatic carbocycles. The zero-order valence-corrected chi connectivity index (χ0v) is 11.0. The molecule has 1 aromatic carbocycles. The van der Waals surface area contributed by atoms with Gasteiger partial charge in [-0.25, -0.2) is 4.79 Å². The Kier molecular flexibility index (Phi) is 4.15. The molecule has 0 amide bonds. The van der Waals surface area contributed by atoms with Crippen molar-refractivity contribution >= 4 is 11.5 Å². The summed E-state index contributed by atoms with van der Waals surface area (Å²) >= 11 is 0. The van der Waals surface area contributed by atoms with Gasteiger partial charge in [0.15, 0.2) is 0 Å². The largest absolute Gasteiger partial charge is 0.465 e. The maximum absolute atomic E-state index is 11.8. The summed E-state index contributed by atoms with van der Waals surface area (Å²) in [5.41, 5.74) is 4.31. The number of carbonyl (C=O) groups excluding carboxylic acids is 1. The fraction of sp³-hybridized carbons (Fsp3) is 0.400. The van der Waals surface area contributed by atoms with Crippen molar-refractivity contribution in [2.24, 2.45) is 0 Å². The van der Waals surface area contributed by atoms with Gasteiger partial charge in [-0.2, -0.15) is 0 Å². The molecule has 1 heterocycles. The van der Waals surface area contributed by atoms with Crippen molar-refractivity contribution in [3.63, 3.8) is 0 Å². The molecule has 0 unspecified atom stereocenters. The van der Waals surface area contributed by atoms with Crippen LogP contribution in [0.15, 0.2) is 29.8 Å². The van der Waals surface area contributed by atoms with Crippen molar-refractivity contribution in [2.45, 2.75) is 19.8 Å². The molecule has 1 fully saturated rings. The van der Waals surface area contributed by atoms with Gasteiger partial charge < -0.3 is 10.1 Å². The molecule has 0 spiro atoms. The number of hydrogen-bond acceptors (Lipinski definition) is 3. The summed E-state index contributed by atoms with van der Waals surface area (Å²) < 4.78 is 4.84. The van der Waals surface area contributed by atoms with Crippen molar-refractivity contribution in [3.8, 4) is 0 Å². The number of methoxy groups -OCH3 is 1. The predicted molar refractivity (Wildman–Crippen MR) is 72.5 cm³/mol. The van der Waals surface area contributed by atoms with Gasteiger partial charge in [0.2, 0.25) is 0 Å². The first-order valence-corrected chi connectivity index (χ1v) is 6.31. The molecule has 0 radical (unpaired) electrons. The zero-order valence-electron chi connectivity index (χ0n) is 11.0. The summed E-state index contributed by atoms with van der Waals surface area (Å²) in [6, 6.07) is 7.66. The molecule has 1 saturated heterocycles. The Morgan fingerprint density at radius 3 is 2.39 bits per heavy atom. The number of piperidine rings is 1. The number of esters is 1. The Balaban J connectivity index is 2.40. The van der Waals surface area contributed by atoms with Gasteiger partial charge in [0.1, 0.15) is 0 Å². The van der Waals surface area contributed by atoms with E-state index in [0.717, 1.165) is 31.5 Å². The third kappa shape index (κ3) is 2.62. The summed E-state index contributed by atoms with van der Waals surface area (Å²) in [6.07, 6.45) is 2.11. The van der Waals surface area contributed by atoms with Gasteiger partial charge in [-0.1, -0.05) is 23.8 Å². The molecule has 3 nitrogen and oxygen atoms in total. The first-order chi connectivity index (χ1) is 8.74. The number of allylic oxidation sites excluding steroid dienone is 1. The molecule has 3 heteroatoms. The maximum atomic E-state index is 11.8.